The second-order valence-electron chi connectivity index (χ2n) is 5.60. The van der Waals surface area contributed by atoms with E-state index in [2.05, 4.69) is 41.6 Å². The second-order valence-corrected chi connectivity index (χ2v) is 6.54. The van der Waals surface area contributed by atoms with Crippen LogP contribution in [0.2, 0.25) is 0 Å². The maximum atomic E-state index is 5.90. The zero-order chi connectivity index (χ0) is 15.7. The lowest BCUT2D eigenvalue weighted by Gasteiger charge is -2.07. The highest BCUT2D eigenvalue weighted by Crippen LogP contribution is 2.24. The minimum absolute atomic E-state index is 0.751. The first-order valence-corrected chi connectivity index (χ1v) is 8.15. The molecule has 0 saturated carbocycles. The molecule has 1 aromatic carbocycles. The predicted octanol–water partition coefficient (Wildman–Crippen LogP) is 4.30. The number of thiazole rings is 1. The number of nitrogens with two attached hydrogens (primary N) is 1. The van der Waals surface area contributed by atoms with E-state index in [0.29, 0.717) is 0 Å². The van der Waals surface area contributed by atoms with E-state index in [-0.39, 0.29) is 0 Å². The highest BCUT2D eigenvalue weighted by Gasteiger charge is 2.09. The fraction of sp³-hybridized carbons (Fsp3) is 0.222. The fourth-order valence-corrected chi connectivity index (χ4v) is 3.15. The van der Waals surface area contributed by atoms with Crippen molar-refractivity contribution in [2.45, 2.75) is 27.2 Å². The van der Waals surface area contributed by atoms with E-state index in [1.54, 1.807) is 11.3 Å². The summed E-state index contributed by atoms with van der Waals surface area (Å²) in [6.07, 6.45) is 0.753. The Morgan fingerprint density at radius 1 is 1.05 bits per heavy atom. The van der Waals surface area contributed by atoms with Crippen LogP contribution in [0.1, 0.15) is 27.5 Å². The van der Waals surface area contributed by atoms with Crippen molar-refractivity contribution in [3.63, 3.8) is 0 Å². The number of hydrogen-bond acceptors (Lipinski definition) is 4. The molecule has 0 aliphatic rings. The zero-order valence-electron chi connectivity index (χ0n) is 13.1. The van der Waals surface area contributed by atoms with E-state index >= 15 is 0 Å². The van der Waals surface area contributed by atoms with Crippen LogP contribution < -0.4 is 5.73 Å². The summed E-state index contributed by atoms with van der Waals surface area (Å²) in [4.78, 5) is 9.35. The SMILES string of the molecule is Cc1ccc(-c2csc(Cc3nc(C)c(N)cc3C)n2)cc1. The highest BCUT2D eigenvalue weighted by atomic mass is 32.1. The van der Waals surface area contributed by atoms with Crippen LogP contribution in [0.3, 0.4) is 0 Å². The third-order valence-corrected chi connectivity index (χ3v) is 4.61. The van der Waals surface area contributed by atoms with Crippen molar-refractivity contribution < 1.29 is 0 Å². The Morgan fingerprint density at radius 2 is 1.77 bits per heavy atom. The summed E-state index contributed by atoms with van der Waals surface area (Å²) in [6.45, 7) is 6.08. The molecular formula is C18H19N3S. The van der Waals surface area contributed by atoms with E-state index in [1.165, 1.54) is 5.56 Å². The molecule has 0 fully saturated rings. The van der Waals surface area contributed by atoms with Gasteiger partial charge in [0.2, 0.25) is 0 Å². The Hall–Kier alpha value is -2.20. The summed E-state index contributed by atoms with van der Waals surface area (Å²) < 4.78 is 0. The van der Waals surface area contributed by atoms with Gasteiger partial charge in [0, 0.05) is 17.4 Å². The lowest BCUT2D eigenvalue weighted by Crippen LogP contribution is -2.01. The van der Waals surface area contributed by atoms with Crippen LogP contribution in [-0.4, -0.2) is 9.97 Å². The van der Waals surface area contributed by atoms with E-state index in [0.717, 1.165) is 45.3 Å². The highest BCUT2D eigenvalue weighted by molar-refractivity contribution is 7.10. The minimum atomic E-state index is 0.751. The molecule has 2 N–H and O–H groups in total. The molecule has 22 heavy (non-hydrogen) atoms. The largest absolute Gasteiger partial charge is 0.397 e. The van der Waals surface area contributed by atoms with Crippen LogP contribution in [-0.2, 0) is 6.42 Å². The summed E-state index contributed by atoms with van der Waals surface area (Å²) in [7, 11) is 0. The van der Waals surface area contributed by atoms with Crippen LogP contribution in [0.15, 0.2) is 35.7 Å². The molecular weight excluding hydrogens is 290 g/mol. The van der Waals surface area contributed by atoms with Gasteiger partial charge in [0.25, 0.3) is 0 Å². The maximum absolute atomic E-state index is 5.90. The molecule has 0 bridgehead atoms. The molecule has 0 aliphatic heterocycles. The molecule has 3 rings (SSSR count). The van der Waals surface area contributed by atoms with E-state index in [1.807, 2.05) is 19.9 Å². The zero-order valence-corrected chi connectivity index (χ0v) is 13.9. The van der Waals surface area contributed by atoms with Crippen molar-refractivity contribution in [3.05, 3.63) is 63.2 Å². The summed E-state index contributed by atoms with van der Waals surface area (Å²) in [6, 6.07) is 10.5. The number of aromatic nitrogens is 2. The van der Waals surface area contributed by atoms with Crippen LogP contribution in [0.5, 0.6) is 0 Å². The van der Waals surface area contributed by atoms with Crippen molar-refractivity contribution in [1.82, 2.24) is 9.97 Å². The average Bonchev–Trinajstić information content (AvgIpc) is 2.94. The minimum Gasteiger partial charge on any atom is -0.397 e. The first-order valence-electron chi connectivity index (χ1n) is 7.27. The van der Waals surface area contributed by atoms with Gasteiger partial charge in [-0.25, -0.2) is 4.98 Å². The van der Waals surface area contributed by atoms with Crippen LogP contribution >= 0.6 is 11.3 Å². The van der Waals surface area contributed by atoms with Crippen molar-refractivity contribution in [2.75, 3.05) is 5.73 Å². The Bertz CT molecular complexity index is 804. The van der Waals surface area contributed by atoms with Gasteiger partial charge < -0.3 is 5.73 Å². The van der Waals surface area contributed by atoms with Crippen LogP contribution in [0, 0.1) is 20.8 Å². The molecule has 3 nitrogen and oxygen atoms in total. The molecule has 0 amide bonds. The maximum Gasteiger partial charge on any atom is 0.0992 e. The van der Waals surface area contributed by atoms with E-state index < -0.39 is 0 Å². The summed E-state index contributed by atoms with van der Waals surface area (Å²) in [5.41, 5.74) is 13.2. The molecule has 0 radical (unpaired) electrons. The molecule has 0 spiro atoms. The Labute approximate surface area is 134 Å². The van der Waals surface area contributed by atoms with E-state index in [4.69, 9.17) is 10.7 Å². The molecule has 0 unspecified atom stereocenters. The molecule has 2 heterocycles. The van der Waals surface area contributed by atoms with Crippen molar-refractivity contribution in [3.8, 4) is 11.3 Å². The van der Waals surface area contributed by atoms with Gasteiger partial charge in [0.1, 0.15) is 0 Å². The molecule has 0 saturated heterocycles. The number of hydrogen-bond donors (Lipinski definition) is 1. The monoisotopic (exact) mass is 309 g/mol. The molecule has 0 atom stereocenters. The normalized spacial score (nSPS) is 10.9. The van der Waals surface area contributed by atoms with Crippen molar-refractivity contribution >= 4 is 17.0 Å². The van der Waals surface area contributed by atoms with E-state index in [9.17, 15) is 0 Å². The number of benzene rings is 1. The first kappa shape index (κ1) is 14.7. The summed E-state index contributed by atoms with van der Waals surface area (Å²) >= 11 is 1.68. The van der Waals surface area contributed by atoms with Gasteiger partial charge in [0.15, 0.2) is 0 Å². The Morgan fingerprint density at radius 3 is 2.50 bits per heavy atom. The number of nitrogen functional groups attached to an aromatic ring is 1. The summed E-state index contributed by atoms with van der Waals surface area (Å²) in [5.74, 6) is 0. The third-order valence-electron chi connectivity index (χ3n) is 3.77. The molecule has 4 heteroatoms. The topological polar surface area (TPSA) is 51.8 Å². The number of rotatable bonds is 3. The smallest absolute Gasteiger partial charge is 0.0992 e. The quantitative estimate of drug-likeness (QED) is 0.784. The van der Waals surface area contributed by atoms with Crippen LogP contribution in [0.4, 0.5) is 5.69 Å². The van der Waals surface area contributed by atoms with Crippen molar-refractivity contribution in [2.24, 2.45) is 0 Å². The predicted molar refractivity (Wildman–Crippen MR) is 93.2 cm³/mol. The lowest BCUT2D eigenvalue weighted by molar-refractivity contribution is 1.00. The Balaban J connectivity index is 1.86. The number of anilines is 1. The molecule has 112 valence electrons. The molecule has 0 aliphatic carbocycles. The van der Waals surface area contributed by atoms with Gasteiger partial charge >= 0.3 is 0 Å². The van der Waals surface area contributed by atoms with Gasteiger partial charge in [-0.3, -0.25) is 4.98 Å². The lowest BCUT2D eigenvalue weighted by atomic mass is 10.1. The molecule has 3 aromatic rings. The standard InChI is InChI=1S/C18H19N3S/c1-11-4-6-14(7-5-11)17-10-22-18(21-17)9-16-12(2)8-15(19)13(3)20-16/h4-8,10H,9,19H2,1-3H3. The second kappa shape index (κ2) is 5.89. The fourth-order valence-electron chi connectivity index (χ4n) is 2.35. The number of nitrogens with zero attached hydrogens (tertiary/aromatic N) is 2. The summed E-state index contributed by atoms with van der Waals surface area (Å²) in [5, 5.41) is 3.19. The van der Waals surface area contributed by atoms with Gasteiger partial charge in [-0.2, -0.15) is 0 Å². The van der Waals surface area contributed by atoms with Gasteiger partial charge in [-0.05, 0) is 32.4 Å². The van der Waals surface area contributed by atoms with Gasteiger partial charge in [-0.1, -0.05) is 29.8 Å². The van der Waals surface area contributed by atoms with Gasteiger partial charge in [0.05, 0.1) is 27.8 Å². The average molecular weight is 309 g/mol. The third kappa shape index (κ3) is 3.02. The Kier molecular flexibility index (Phi) is 3.94. The molecule has 2 aromatic heterocycles. The first-order chi connectivity index (χ1) is 10.5. The number of pyridine rings is 1. The van der Waals surface area contributed by atoms with Crippen LogP contribution in [0.25, 0.3) is 11.3 Å². The van der Waals surface area contributed by atoms with Gasteiger partial charge in [-0.15, -0.1) is 11.3 Å². The number of aryl methyl sites for hydroxylation is 3. The van der Waals surface area contributed by atoms with Crippen molar-refractivity contribution in [1.29, 1.82) is 0 Å².